The molecule has 1 aliphatic rings. The van der Waals surface area contributed by atoms with Crippen LogP contribution in [0.3, 0.4) is 0 Å². The predicted octanol–water partition coefficient (Wildman–Crippen LogP) is 2.17. The molecule has 0 bridgehead atoms. The summed E-state index contributed by atoms with van der Waals surface area (Å²) in [6.45, 7) is 8.99. The van der Waals surface area contributed by atoms with E-state index in [0.29, 0.717) is 45.9 Å². The Labute approximate surface area is 148 Å². The summed E-state index contributed by atoms with van der Waals surface area (Å²) in [6.07, 6.45) is -0.315. The van der Waals surface area contributed by atoms with Crippen LogP contribution < -0.4 is 10.1 Å². The molecule has 25 heavy (non-hydrogen) atoms. The average molecular weight is 349 g/mol. The van der Waals surface area contributed by atoms with Crippen molar-refractivity contribution in [3.05, 3.63) is 29.3 Å². The molecule has 1 aromatic rings. The van der Waals surface area contributed by atoms with E-state index >= 15 is 0 Å². The number of carbonyl (C=O) groups excluding carboxylic acids is 2. The van der Waals surface area contributed by atoms with Gasteiger partial charge in [0.25, 0.3) is 0 Å². The highest BCUT2D eigenvalue weighted by atomic mass is 16.6. The quantitative estimate of drug-likeness (QED) is 0.827. The van der Waals surface area contributed by atoms with Gasteiger partial charge in [0.2, 0.25) is 0 Å². The maximum Gasteiger partial charge on any atom is 0.409 e. The molecule has 2 rings (SSSR count). The molecular weight excluding hydrogens is 322 g/mol. The average Bonchev–Trinajstić information content (AvgIpc) is 2.61. The van der Waals surface area contributed by atoms with Crippen LogP contribution in [0.15, 0.2) is 18.2 Å². The van der Waals surface area contributed by atoms with E-state index in [2.05, 4.69) is 5.32 Å². The topological polar surface area (TPSA) is 71.1 Å². The van der Waals surface area contributed by atoms with Crippen molar-refractivity contribution >= 4 is 12.1 Å². The highest BCUT2D eigenvalue weighted by Crippen LogP contribution is 2.21. The number of amides is 3. The number of hydrogen-bond acceptors (Lipinski definition) is 4. The molecule has 138 valence electrons. The molecule has 1 heterocycles. The van der Waals surface area contributed by atoms with E-state index in [0.717, 1.165) is 16.9 Å². The summed E-state index contributed by atoms with van der Waals surface area (Å²) >= 11 is 0. The molecule has 0 unspecified atom stereocenters. The van der Waals surface area contributed by atoms with E-state index in [9.17, 15) is 9.59 Å². The second kappa shape index (κ2) is 9.15. The minimum atomic E-state index is -0.315. The molecule has 0 aliphatic carbocycles. The van der Waals surface area contributed by atoms with Crippen LogP contribution in [0, 0.1) is 13.8 Å². The third kappa shape index (κ3) is 5.27. The summed E-state index contributed by atoms with van der Waals surface area (Å²) in [6, 6.07) is 5.87. The Balaban J connectivity index is 1.69. The normalized spacial score (nSPS) is 14.2. The first-order chi connectivity index (χ1) is 12.0. The van der Waals surface area contributed by atoms with Crippen LogP contribution in [-0.2, 0) is 4.74 Å². The molecule has 7 heteroatoms. The third-order valence-corrected chi connectivity index (χ3v) is 4.13. The first-order valence-electron chi connectivity index (χ1n) is 8.66. The summed E-state index contributed by atoms with van der Waals surface area (Å²) in [7, 11) is 0. The van der Waals surface area contributed by atoms with Crippen LogP contribution in [0.5, 0.6) is 5.75 Å². The lowest BCUT2D eigenvalue weighted by Gasteiger charge is -2.34. The van der Waals surface area contributed by atoms with Crippen molar-refractivity contribution < 1.29 is 19.1 Å². The van der Waals surface area contributed by atoms with Gasteiger partial charge in [0.1, 0.15) is 12.4 Å². The highest BCUT2D eigenvalue weighted by molar-refractivity contribution is 5.75. The zero-order valence-electron chi connectivity index (χ0n) is 15.2. The van der Waals surface area contributed by atoms with Gasteiger partial charge in [-0.25, -0.2) is 9.59 Å². The van der Waals surface area contributed by atoms with E-state index in [1.54, 1.807) is 16.7 Å². The maximum absolute atomic E-state index is 12.2. The fourth-order valence-corrected chi connectivity index (χ4v) is 2.76. The lowest BCUT2D eigenvalue weighted by atomic mass is 10.1. The summed E-state index contributed by atoms with van der Waals surface area (Å²) in [5.41, 5.74) is 2.17. The van der Waals surface area contributed by atoms with E-state index < -0.39 is 0 Å². The lowest BCUT2D eigenvalue weighted by Crippen LogP contribution is -2.53. The minimum Gasteiger partial charge on any atom is -0.491 e. The number of rotatable bonds is 5. The van der Waals surface area contributed by atoms with Crippen LogP contribution in [-0.4, -0.2) is 67.9 Å². The van der Waals surface area contributed by atoms with Crippen molar-refractivity contribution in [1.29, 1.82) is 0 Å². The van der Waals surface area contributed by atoms with Gasteiger partial charge in [0, 0.05) is 26.2 Å². The Morgan fingerprint density at radius 3 is 2.28 bits per heavy atom. The van der Waals surface area contributed by atoms with E-state index in [-0.39, 0.29) is 12.1 Å². The number of hydrogen-bond donors (Lipinski definition) is 1. The van der Waals surface area contributed by atoms with Gasteiger partial charge < -0.3 is 24.6 Å². The first-order valence-corrected chi connectivity index (χ1v) is 8.66. The van der Waals surface area contributed by atoms with E-state index in [4.69, 9.17) is 9.47 Å². The number of para-hydroxylation sites is 1. The van der Waals surface area contributed by atoms with Crippen molar-refractivity contribution in [2.24, 2.45) is 0 Å². The molecular formula is C18H27N3O4. The van der Waals surface area contributed by atoms with Crippen molar-refractivity contribution in [3.63, 3.8) is 0 Å². The van der Waals surface area contributed by atoms with Crippen LogP contribution >= 0.6 is 0 Å². The standard InChI is InChI=1S/C18H27N3O4/c1-4-24-18(23)21-11-9-20(10-12-21)17(22)19-8-13-25-16-14(2)6-5-7-15(16)3/h5-7H,4,8-13H2,1-3H3,(H,19,22). The molecule has 0 radical (unpaired) electrons. The zero-order chi connectivity index (χ0) is 18.2. The number of nitrogens with one attached hydrogen (secondary N) is 1. The Hall–Kier alpha value is -2.44. The predicted molar refractivity (Wildman–Crippen MR) is 95.0 cm³/mol. The molecule has 1 N–H and O–H groups in total. The number of ether oxygens (including phenoxy) is 2. The fraction of sp³-hybridized carbons (Fsp3) is 0.556. The van der Waals surface area contributed by atoms with Gasteiger partial charge in [-0.05, 0) is 31.9 Å². The Morgan fingerprint density at radius 2 is 1.68 bits per heavy atom. The lowest BCUT2D eigenvalue weighted by molar-refractivity contribution is 0.0851. The fourth-order valence-electron chi connectivity index (χ4n) is 2.76. The summed E-state index contributed by atoms with van der Waals surface area (Å²) in [5, 5.41) is 2.86. The van der Waals surface area contributed by atoms with Crippen LogP contribution in [0.25, 0.3) is 0 Å². The molecule has 1 fully saturated rings. The molecule has 0 spiro atoms. The molecule has 3 amide bonds. The van der Waals surface area contributed by atoms with Crippen LogP contribution in [0.2, 0.25) is 0 Å². The SMILES string of the molecule is CCOC(=O)N1CCN(C(=O)NCCOc2c(C)cccc2C)CC1. The van der Waals surface area contributed by atoms with Crippen molar-refractivity contribution in [2.75, 3.05) is 45.9 Å². The van der Waals surface area contributed by atoms with Crippen LogP contribution in [0.4, 0.5) is 9.59 Å². The second-order valence-electron chi connectivity index (χ2n) is 5.97. The molecule has 0 aromatic heterocycles. The smallest absolute Gasteiger partial charge is 0.409 e. The van der Waals surface area contributed by atoms with Gasteiger partial charge in [-0.3, -0.25) is 0 Å². The van der Waals surface area contributed by atoms with Gasteiger partial charge in [0.05, 0.1) is 13.2 Å². The van der Waals surface area contributed by atoms with Crippen molar-refractivity contribution in [1.82, 2.24) is 15.1 Å². The summed E-state index contributed by atoms with van der Waals surface area (Å²) < 4.78 is 10.7. The van der Waals surface area contributed by atoms with Crippen LogP contribution in [0.1, 0.15) is 18.1 Å². The number of piperazine rings is 1. The number of aryl methyl sites for hydroxylation is 2. The monoisotopic (exact) mass is 349 g/mol. The van der Waals surface area contributed by atoms with E-state index in [1.165, 1.54) is 0 Å². The summed E-state index contributed by atoms with van der Waals surface area (Å²) in [5.74, 6) is 0.875. The van der Waals surface area contributed by atoms with Gasteiger partial charge in [-0.1, -0.05) is 18.2 Å². The zero-order valence-corrected chi connectivity index (χ0v) is 15.2. The van der Waals surface area contributed by atoms with Gasteiger partial charge in [-0.2, -0.15) is 0 Å². The van der Waals surface area contributed by atoms with Gasteiger partial charge in [-0.15, -0.1) is 0 Å². The maximum atomic E-state index is 12.2. The number of nitrogens with zero attached hydrogens (tertiary/aromatic N) is 2. The molecule has 1 aromatic carbocycles. The molecule has 7 nitrogen and oxygen atoms in total. The molecule has 0 atom stereocenters. The number of carbonyl (C=O) groups is 2. The number of benzene rings is 1. The third-order valence-electron chi connectivity index (χ3n) is 4.13. The Kier molecular flexibility index (Phi) is 6.91. The highest BCUT2D eigenvalue weighted by Gasteiger charge is 2.24. The minimum absolute atomic E-state index is 0.131. The van der Waals surface area contributed by atoms with Gasteiger partial charge in [0.15, 0.2) is 0 Å². The Morgan fingerprint density at radius 1 is 1.08 bits per heavy atom. The van der Waals surface area contributed by atoms with Gasteiger partial charge >= 0.3 is 12.1 Å². The molecule has 1 saturated heterocycles. The first kappa shape index (κ1) is 18.9. The van der Waals surface area contributed by atoms with Crippen molar-refractivity contribution in [2.45, 2.75) is 20.8 Å². The molecule has 0 saturated carbocycles. The second-order valence-corrected chi connectivity index (χ2v) is 5.97. The van der Waals surface area contributed by atoms with E-state index in [1.807, 2.05) is 32.0 Å². The largest absolute Gasteiger partial charge is 0.491 e. The summed E-state index contributed by atoms with van der Waals surface area (Å²) in [4.78, 5) is 27.1. The molecule has 1 aliphatic heterocycles. The van der Waals surface area contributed by atoms with Crippen molar-refractivity contribution in [3.8, 4) is 5.75 Å². The Bertz CT molecular complexity index is 578. The number of urea groups is 1.